The molecule has 3 heteroatoms. The van der Waals surface area contributed by atoms with Crippen LogP contribution in [0.1, 0.15) is 15.9 Å². The van der Waals surface area contributed by atoms with Gasteiger partial charge in [0, 0.05) is 22.2 Å². The van der Waals surface area contributed by atoms with Crippen molar-refractivity contribution in [3.8, 4) is 0 Å². The van der Waals surface area contributed by atoms with Crippen LogP contribution in [0.25, 0.3) is 0 Å². The zero-order valence-corrected chi connectivity index (χ0v) is 11.1. The first-order valence-corrected chi connectivity index (χ1v) is 6.19. The smallest absolute Gasteiger partial charge is 0.227 e. The molecule has 2 aromatic rings. The lowest BCUT2D eigenvalue weighted by Crippen LogP contribution is -2.36. The van der Waals surface area contributed by atoms with Gasteiger partial charge in [0.15, 0.2) is 12.4 Å². The summed E-state index contributed by atoms with van der Waals surface area (Å²) in [6.45, 7) is 2.38. The van der Waals surface area contributed by atoms with E-state index in [2.05, 4.69) is 15.9 Å². The van der Waals surface area contributed by atoms with Crippen molar-refractivity contribution in [3.05, 3.63) is 64.4 Å². The monoisotopic (exact) mass is 290 g/mol. The van der Waals surface area contributed by atoms with Crippen LogP contribution in [0.3, 0.4) is 0 Å². The number of carbonyl (C=O) groups excluding carboxylic acids is 1. The third kappa shape index (κ3) is 3.01. The molecule has 2 rings (SSSR count). The minimum absolute atomic E-state index is 0.113. The maximum Gasteiger partial charge on any atom is 0.227 e. The Morgan fingerprint density at radius 2 is 1.94 bits per heavy atom. The van der Waals surface area contributed by atoms with Crippen LogP contribution in [0.4, 0.5) is 0 Å². The van der Waals surface area contributed by atoms with Gasteiger partial charge in [-0.25, -0.2) is 0 Å². The maximum absolute atomic E-state index is 12.0. The van der Waals surface area contributed by atoms with Crippen LogP contribution < -0.4 is 4.57 Å². The number of aryl methyl sites for hydroxylation is 1. The van der Waals surface area contributed by atoms with Crippen LogP contribution in [0.2, 0.25) is 0 Å². The lowest BCUT2D eigenvalue weighted by atomic mass is 10.1. The molecule has 86 valence electrons. The highest BCUT2D eigenvalue weighted by Gasteiger charge is 2.12. The standard InChI is InChI=1S/C14H13BrNO/c1-11-5-6-12(9-13(11)15)14(17)10-16-7-3-2-4-8-16/h2-9H,10H2,1H3/q+1. The Morgan fingerprint density at radius 1 is 1.24 bits per heavy atom. The topological polar surface area (TPSA) is 20.9 Å². The third-order valence-corrected chi connectivity index (χ3v) is 3.45. The van der Waals surface area contributed by atoms with E-state index in [0.717, 1.165) is 15.6 Å². The lowest BCUT2D eigenvalue weighted by molar-refractivity contribution is -0.683. The number of halogens is 1. The summed E-state index contributed by atoms with van der Waals surface area (Å²) >= 11 is 3.44. The highest BCUT2D eigenvalue weighted by molar-refractivity contribution is 9.10. The molecule has 0 aliphatic heterocycles. The summed E-state index contributed by atoms with van der Waals surface area (Å²) in [5, 5.41) is 0. The molecule has 1 aromatic carbocycles. The van der Waals surface area contributed by atoms with Gasteiger partial charge in [-0.05, 0) is 18.6 Å². The molecule has 0 N–H and O–H groups in total. The van der Waals surface area contributed by atoms with Crippen molar-refractivity contribution < 1.29 is 9.36 Å². The summed E-state index contributed by atoms with van der Waals surface area (Å²) in [4.78, 5) is 12.0. The predicted octanol–water partition coefficient (Wildman–Crippen LogP) is 2.93. The van der Waals surface area contributed by atoms with Crippen molar-refractivity contribution in [2.45, 2.75) is 13.5 Å². The lowest BCUT2D eigenvalue weighted by Gasteiger charge is -2.01. The minimum atomic E-state index is 0.113. The Bertz CT molecular complexity index is 537. The molecule has 0 fully saturated rings. The number of benzene rings is 1. The Labute approximate surface area is 109 Å². The summed E-state index contributed by atoms with van der Waals surface area (Å²) in [5.74, 6) is 0.113. The second-order valence-electron chi connectivity index (χ2n) is 3.93. The molecule has 17 heavy (non-hydrogen) atoms. The number of aromatic nitrogens is 1. The van der Waals surface area contributed by atoms with Crippen molar-refractivity contribution in [3.63, 3.8) is 0 Å². The van der Waals surface area contributed by atoms with E-state index < -0.39 is 0 Å². The van der Waals surface area contributed by atoms with Gasteiger partial charge < -0.3 is 0 Å². The Morgan fingerprint density at radius 3 is 2.59 bits per heavy atom. The summed E-state index contributed by atoms with van der Waals surface area (Å²) in [7, 11) is 0. The zero-order chi connectivity index (χ0) is 12.3. The van der Waals surface area contributed by atoms with Crippen molar-refractivity contribution in [1.82, 2.24) is 0 Å². The summed E-state index contributed by atoms with van der Waals surface area (Å²) in [6.07, 6.45) is 3.78. The van der Waals surface area contributed by atoms with E-state index in [-0.39, 0.29) is 5.78 Å². The SMILES string of the molecule is Cc1ccc(C(=O)C[n+]2ccccc2)cc1Br. The van der Waals surface area contributed by atoms with Crippen molar-refractivity contribution in [2.24, 2.45) is 0 Å². The number of hydrogen-bond donors (Lipinski definition) is 0. The molecule has 0 aliphatic rings. The third-order valence-electron chi connectivity index (χ3n) is 2.60. The Balaban J connectivity index is 2.18. The van der Waals surface area contributed by atoms with Gasteiger partial charge >= 0.3 is 0 Å². The van der Waals surface area contributed by atoms with Crippen LogP contribution in [0.15, 0.2) is 53.3 Å². The second kappa shape index (κ2) is 5.23. The van der Waals surface area contributed by atoms with E-state index in [1.54, 1.807) is 0 Å². The van der Waals surface area contributed by atoms with Gasteiger partial charge in [-0.15, -0.1) is 0 Å². The van der Waals surface area contributed by atoms with E-state index in [9.17, 15) is 4.79 Å². The Hall–Kier alpha value is -1.48. The fraction of sp³-hybridized carbons (Fsp3) is 0.143. The molecule has 0 amide bonds. The minimum Gasteiger partial charge on any atom is -0.287 e. The van der Waals surface area contributed by atoms with Crippen LogP contribution in [-0.4, -0.2) is 5.78 Å². The van der Waals surface area contributed by atoms with Crippen LogP contribution in [-0.2, 0) is 6.54 Å². The number of rotatable bonds is 3. The largest absolute Gasteiger partial charge is 0.287 e. The van der Waals surface area contributed by atoms with Crippen molar-refractivity contribution in [1.29, 1.82) is 0 Å². The van der Waals surface area contributed by atoms with E-state index >= 15 is 0 Å². The van der Waals surface area contributed by atoms with E-state index in [1.165, 1.54) is 0 Å². The molecule has 0 radical (unpaired) electrons. The predicted molar refractivity (Wildman–Crippen MR) is 69.8 cm³/mol. The normalized spacial score (nSPS) is 10.2. The van der Waals surface area contributed by atoms with E-state index in [4.69, 9.17) is 0 Å². The van der Waals surface area contributed by atoms with Gasteiger partial charge in [-0.1, -0.05) is 34.1 Å². The Kier molecular flexibility index (Phi) is 3.69. The fourth-order valence-electron chi connectivity index (χ4n) is 1.56. The van der Waals surface area contributed by atoms with Gasteiger partial charge in [0.05, 0.1) is 0 Å². The molecular formula is C14H13BrNO+. The highest BCUT2D eigenvalue weighted by atomic mass is 79.9. The molecule has 1 heterocycles. The van der Waals surface area contributed by atoms with Crippen molar-refractivity contribution >= 4 is 21.7 Å². The average molecular weight is 291 g/mol. The fourth-order valence-corrected chi connectivity index (χ4v) is 1.94. The molecule has 0 bridgehead atoms. The van der Waals surface area contributed by atoms with Crippen LogP contribution in [0, 0.1) is 6.92 Å². The second-order valence-corrected chi connectivity index (χ2v) is 4.79. The first-order chi connectivity index (χ1) is 8.16. The molecular weight excluding hydrogens is 278 g/mol. The molecule has 2 nitrogen and oxygen atoms in total. The van der Waals surface area contributed by atoms with Gasteiger partial charge in [0.25, 0.3) is 0 Å². The van der Waals surface area contributed by atoms with E-state index in [0.29, 0.717) is 6.54 Å². The summed E-state index contributed by atoms with van der Waals surface area (Å²) in [6, 6.07) is 11.5. The molecule has 0 spiro atoms. The zero-order valence-electron chi connectivity index (χ0n) is 9.56. The quantitative estimate of drug-likeness (QED) is 0.629. The number of nitrogens with zero attached hydrogens (tertiary/aromatic N) is 1. The van der Waals surface area contributed by atoms with Gasteiger partial charge in [-0.2, -0.15) is 4.57 Å². The number of hydrogen-bond acceptors (Lipinski definition) is 1. The molecule has 0 saturated heterocycles. The summed E-state index contributed by atoms with van der Waals surface area (Å²) < 4.78 is 2.84. The highest BCUT2D eigenvalue weighted by Crippen LogP contribution is 2.17. The van der Waals surface area contributed by atoms with Gasteiger partial charge in [0.2, 0.25) is 12.3 Å². The van der Waals surface area contributed by atoms with Crippen LogP contribution in [0.5, 0.6) is 0 Å². The summed E-state index contributed by atoms with van der Waals surface area (Å²) in [5.41, 5.74) is 1.87. The maximum atomic E-state index is 12.0. The van der Waals surface area contributed by atoms with Gasteiger partial charge in [-0.3, -0.25) is 4.79 Å². The average Bonchev–Trinajstić information content (AvgIpc) is 2.34. The first kappa shape index (κ1) is 12.0. The number of carbonyl (C=O) groups is 1. The van der Waals surface area contributed by atoms with E-state index in [1.807, 2.05) is 60.3 Å². The molecule has 0 saturated carbocycles. The molecule has 0 atom stereocenters. The first-order valence-electron chi connectivity index (χ1n) is 5.40. The molecule has 0 unspecified atom stereocenters. The van der Waals surface area contributed by atoms with Crippen LogP contribution >= 0.6 is 15.9 Å². The molecule has 1 aromatic heterocycles. The molecule has 0 aliphatic carbocycles. The van der Waals surface area contributed by atoms with Gasteiger partial charge in [0.1, 0.15) is 0 Å². The number of ketones is 1. The number of Topliss-reactive ketones (excluding diaryl/α,β-unsaturated/α-hetero) is 1. The van der Waals surface area contributed by atoms with Crippen molar-refractivity contribution in [2.75, 3.05) is 0 Å². The number of pyridine rings is 1.